The second-order valence-electron chi connectivity index (χ2n) is 7.22. The molecule has 5 nitrogen and oxygen atoms in total. The molecule has 30 heavy (non-hydrogen) atoms. The molecule has 4 rings (SSSR count). The van der Waals surface area contributed by atoms with Crippen LogP contribution in [0.15, 0.2) is 66.7 Å². The third-order valence-electron chi connectivity index (χ3n) is 5.01. The first-order chi connectivity index (χ1) is 14.4. The van der Waals surface area contributed by atoms with Crippen molar-refractivity contribution >= 4 is 23.2 Å². The van der Waals surface area contributed by atoms with Gasteiger partial charge in [-0.2, -0.15) is 0 Å². The Morgan fingerprint density at radius 1 is 0.967 bits per heavy atom. The first-order valence-electron chi connectivity index (χ1n) is 9.60. The summed E-state index contributed by atoms with van der Waals surface area (Å²) < 4.78 is 1.71. The molecule has 150 valence electrons. The summed E-state index contributed by atoms with van der Waals surface area (Å²) >= 11 is 6.20. The molecule has 1 aromatic heterocycles. The largest absolute Gasteiger partial charge is 0.319 e. The van der Waals surface area contributed by atoms with Crippen molar-refractivity contribution in [2.75, 3.05) is 5.32 Å². The lowest BCUT2D eigenvalue weighted by Gasteiger charge is -2.11. The van der Waals surface area contributed by atoms with Crippen LogP contribution in [0.2, 0.25) is 5.02 Å². The number of nitrogens with zero attached hydrogens (tertiary/aromatic N) is 3. The molecule has 1 N–H and O–H groups in total. The lowest BCUT2D eigenvalue weighted by Crippen LogP contribution is -2.14. The van der Waals surface area contributed by atoms with E-state index in [0.717, 1.165) is 27.9 Å². The first kappa shape index (κ1) is 19.9. The van der Waals surface area contributed by atoms with Gasteiger partial charge in [0.15, 0.2) is 5.82 Å². The summed E-state index contributed by atoms with van der Waals surface area (Å²) in [6.07, 6.45) is 0. The zero-order chi connectivity index (χ0) is 21.3. The van der Waals surface area contributed by atoms with Crippen LogP contribution in [0.4, 0.5) is 5.69 Å². The molecule has 6 heteroatoms. The molecule has 0 spiro atoms. The first-order valence-corrected chi connectivity index (χ1v) is 9.98. The Labute approximate surface area is 180 Å². The predicted molar refractivity (Wildman–Crippen MR) is 120 cm³/mol. The molecule has 4 aromatic rings. The Bertz CT molecular complexity index is 1230. The summed E-state index contributed by atoms with van der Waals surface area (Å²) in [6.45, 7) is 6.07. The number of amides is 1. The summed E-state index contributed by atoms with van der Waals surface area (Å²) in [5, 5.41) is 8.01. The van der Waals surface area contributed by atoms with Gasteiger partial charge in [-0.3, -0.25) is 4.79 Å². The molecule has 0 aliphatic rings. The third kappa shape index (κ3) is 3.98. The highest BCUT2D eigenvalue weighted by molar-refractivity contribution is 6.30. The van der Waals surface area contributed by atoms with E-state index >= 15 is 0 Å². The fourth-order valence-electron chi connectivity index (χ4n) is 3.18. The Morgan fingerprint density at radius 3 is 2.43 bits per heavy atom. The SMILES string of the molecule is Cc1ccc(NC(=O)c2nc(-c3cccc(Cl)c3)n(-c3cccc(C)c3C)n2)cc1. The van der Waals surface area contributed by atoms with E-state index in [9.17, 15) is 4.79 Å². The second-order valence-corrected chi connectivity index (χ2v) is 7.66. The Kier molecular flexibility index (Phi) is 5.38. The number of carbonyl (C=O) groups excluding carboxylic acids is 1. The molecule has 0 radical (unpaired) electrons. The van der Waals surface area contributed by atoms with Gasteiger partial charge in [-0.25, -0.2) is 9.67 Å². The molecular formula is C24H21ClN4O. The predicted octanol–water partition coefficient (Wildman–Crippen LogP) is 5.77. The van der Waals surface area contributed by atoms with Crippen LogP contribution in [-0.2, 0) is 0 Å². The number of hydrogen-bond acceptors (Lipinski definition) is 3. The highest BCUT2D eigenvalue weighted by Crippen LogP contribution is 2.26. The van der Waals surface area contributed by atoms with Gasteiger partial charge in [0.25, 0.3) is 5.91 Å². The third-order valence-corrected chi connectivity index (χ3v) is 5.24. The highest BCUT2D eigenvalue weighted by atomic mass is 35.5. The van der Waals surface area contributed by atoms with E-state index in [2.05, 4.69) is 15.4 Å². The van der Waals surface area contributed by atoms with Crippen molar-refractivity contribution in [3.63, 3.8) is 0 Å². The van der Waals surface area contributed by atoms with E-state index in [-0.39, 0.29) is 11.7 Å². The van der Waals surface area contributed by atoms with Crippen LogP contribution in [0, 0.1) is 20.8 Å². The van der Waals surface area contributed by atoms with Crippen molar-refractivity contribution < 1.29 is 4.79 Å². The smallest absolute Gasteiger partial charge is 0.295 e. The minimum Gasteiger partial charge on any atom is -0.319 e. The van der Waals surface area contributed by atoms with Gasteiger partial charge in [0, 0.05) is 16.3 Å². The zero-order valence-corrected chi connectivity index (χ0v) is 17.7. The number of carbonyl (C=O) groups is 1. The second kappa shape index (κ2) is 8.13. The molecule has 0 saturated heterocycles. The normalized spacial score (nSPS) is 10.8. The number of nitrogens with one attached hydrogen (secondary N) is 1. The Morgan fingerprint density at radius 2 is 1.70 bits per heavy atom. The minimum atomic E-state index is -0.369. The van der Waals surface area contributed by atoms with Gasteiger partial charge in [0.2, 0.25) is 5.82 Å². The fourth-order valence-corrected chi connectivity index (χ4v) is 3.37. The zero-order valence-electron chi connectivity index (χ0n) is 17.0. The molecule has 1 amide bonds. The number of anilines is 1. The van der Waals surface area contributed by atoms with E-state index in [1.165, 1.54) is 0 Å². The maximum Gasteiger partial charge on any atom is 0.295 e. The summed E-state index contributed by atoms with van der Waals surface area (Å²) in [6, 6.07) is 20.9. The van der Waals surface area contributed by atoms with Crippen molar-refractivity contribution in [1.29, 1.82) is 0 Å². The van der Waals surface area contributed by atoms with E-state index in [1.807, 2.05) is 81.4 Å². The van der Waals surface area contributed by atoms with Crippen LogP contribution >= 0.6 is 11.6 Å². The van der Waals surface area contributed by atoms with Crippen LogP contribution in [0.5, 0.6) is 0 Å². The fraction of sp³-hybridized carbons (Fsp3) is 0.125. The molecule has 0 fully saturated rings. The molecule has 0 atom stereocenters. The maximum absolute atomic E-state index is 12.9. The van der Waals surface area contributed by atoms with E-state index < -0.39 is 0 Å². The molecule has 0 unspecified atom stereocenters. The Balaban J connectivity index is 1.80. The minimum absolute atomic E-state index is 0.0893. The highest BCUT2D eigenvalue weighted by Gasteiger charge is 2.20. The number of benzene rings is 3. The monoisotopic (exact) mass is 416 g/mol. The van der Waals surface area contributed by atoms with Crippen molar-refractivity contribution in [3.05, 3.63) is 94.3 Å². The van der Waals surface area contributed by atoms with Crippen LogP contribution < -0.4 is 5.32 Å². The van der Waals surface area contributed by atoms with Gasteiger partial charge in [-0.15, -0.1) is 5.10 Å². The van der Waals surface area contributed by atoms with E-state index in [0.29, 0.717) is 16.5 Å². The van der Waals surface area contributed by atoms with Crippen LogP contribution in [-0.4, -0.2) is 20.7 Å². The number of halogens is 1. The maximum atomic E-state index is 12.9. The van der Waals surface area contributed by atoms with Crippen LogP contribution in [0.1, 0.15) is 27.3 Å². The summed E-state index contributed by atoms with van der Waals surface area (Å²) in [5.41, 5.74) is 5.66. The summed E-state index contributed by atoms with van der Waals surface area (Å²) in [5.74, 6) is 0.276. The quantitative estimate of drug-likeness (QED) is 0.459. The average Bonchev–Trinajstić information content (AvgIpc) is 3.17. The average molecular weight is 417 g/mol. The number of hydrogen-bond donors (Lipinski definition) is 1. The van der Waals surface area contributed by atoms with E-state index in [1.54, 1.807) is 10.7 Å². The van der Waals surface area contributed by atoms with Gasteiger partial charge in [0.05, 0.1) is 5.69 Å². The van der Waals surface area contributed by atoms with E-state index in [4.69, 9.17) is 11.6 Å². The van der Waals surface area contributed by atoms with Crippen molar-refractivity contribution in [2.24, 2.45) is 0 Å². The summed E-state index contributed by atoms with van der Waals surface area (Å²) in [7, 11) is 0. The van der Waals surface area contributed by atoms with Crippen molar-refractivity contribution in [1.82, 2.24) is 14.8 Å². The molecule has 0 aliphatic carbocycles. The van der Waals surface area contributed by atoms with Crippen molar-refractivity contribution in [2.45, 2.75) is 20.8 Å². The summed E-state index contributed by atoms with van der Waals surface area (Å²) in [4.78, 5) is 17.4. The van der Waals surface area contributed by atoms with Crippen molar-refractivity contribution in [3.8, 4) is 17.1 Å². The molecular weight excluding hydrogens is 396 g/mol. The Hall–Kier alpha value is -3.44. The lowest BCUT2D eigenvalue weighted by molar-refractivity contribution is 0.101. The topological polar surface area (TPSA) is 59.8 Å². The molecule has 0 saturated carbocycles. The number of aryl methyl sites for hydroxylation is 2. The molecule has 1 heterocycles. The van der Waals surface area contributed by atoms with Gasteiger partial charge < -0.3 is 5.32 Å². The molecule has 0 bridgehead atoms. The number of aromatic nitrogens is 3. The molecule has 3 aromatic carbocycles. The van der Waals surface area contributed by atoms with Gasteiger partial charge >= 0.3 is 0 Å². The van der Waals surface area contributed by atoms with Crippen LogP contribution in [0.3, 0.4) is 0 Å². The van der Waals surface area contributed by atoms with Gasteiger partial charge in [-0.1, -0.05) is 53.6 Å². The number of rotatable bonds is 4. The molecule has 0 aliphatic heterocycles. The van der Waals surface area contributed by atoms with Crippen LogP contribution in [0.25, 0.3) is 17.1 Å². The lowest BCUT2D eigenvalue weighted by atomic mass is 10.1. The standard InChI is InChI=1S/C24H21ClN4O/c1-15-10-12-20(13-11-15)26-24(30)22-27-23(18-7-5-8-19(25)14-18)29(28-22)21-9-4-6-16(2)17(21)3/h4-14H,1-3H3,(H,26,30). The van der Waals surface area contributed by atoms with Gasteiger partial charge in [0.1, 0.15) is 0 Å². The van der Waals surface area contributed by atoms with Gasteiger partial charge in [-0.05, 0) is 62.2 Å².